The van der Waals surface area contributed by atoms with Crippen molar-refractivity contribution in [1.29, 1.82) is 0 Å². The first kappa shape index (κ1) is 16.5. The van der Waals surface area contributed by atoms with Gasteiger partial charge in [0.2, 0.25) is 5.89 Å². The van der Waals surface area contributed by atoms with Crippen LogP contribution in [0, 0.1) is 6.92 Å². The molecule has 6 nitrogen and oxygen atoms in total. The molecule has 3 heterocycles. The summed E-state index contributed by atoms with van der Waals surface area (Å²) in [4.78, 5) is 11.8. The number of ether oxygens (including phenoxy) is 1. The maximum absolute atomic E-state index is 5.52. The summed E-state index contributed by atoms with van der Waals surface area (Å²) < 4.78 is 11.0. The summed E-state index contributed by atoms with van der Waals surface area (Å²) in [6.45, 7) is 4.00. The van der Waals surface area contributed by atoms with E-state index in [-0.39, 0.29) is 0 Å². The summed E-state index contributed by atoms with van der Waals surface area (Å²) in [6.07, 6.45) is 4.46. The fourth-order valence-electron chi connectivity index (χ4n) is 4.04. The summed E-state index contributed by atoms with van der Waals surface area (Å²) in [5, 5.41) is 5.40. The lowest BCUT2D eigenvalue weighted by Crippen LogP contribution is -2.33. The predicted molar refractivity (Wildman–Crippen MR) is 103 cm³/mol. The van der Waals surface area contributed by atoms with Gasteiger partial charge in [-0.25, -0.2) is 4.98 Å². The van der Waals surface area contributed by atoms with E-state index in [2.05, 4.69) is 27.2 Å². The van der Waals surface area contributed by atoms with E-state index in [1.54, 1.807) is 7.11 Å². The first-order chi connectivity index (χ1) is 13.2. The quantitative estimate of drug-likeness (QED) is 0.691. The summed E-state index contributed by atoms with van der Waals surface area (Å²) in [7, 11) is 1.70. The average molecular weight is 364 g/mol. The van der Waals surface area contributed by atoms with Gasteiger partial charge in [-0.3, -0.25) is 0 Å². The molecule has 1 saturated heterocycles. The molecule has 0 atom stereocenters. The molecule has 1 aromatic carbocycles. The van der Waals surface area contributed by atoms with E-state index >= 15 is 0 Å². The molecule has 6 heteroatoms. The van der Waals surface area contributed by atoms with E-state index in [1.807, 2.05) is 19.1 Å². The van der Waals surface area contributed by atoms with Crippen LogP contribution in [-0.2, 0) is 0 Å². The largest absolute Gasteiger partial charge is 0.494 e. The van der Waals surface area contributed by atoms with Crippen LogP contribution in [0.1, 0.15) is 54.9 Å². The molecule has 3 aromatic rings. The number of hydrogen-bond acceptors (Lipinski definition) is 6. The van der Waals surface area contributed by atoms with Gasteiger partial charge in [-0.1, -0.05) is 17.3 Å². The van der Waals surface area contributed by atoms with Crippen LogP contribution in [0.4, 0.5) is 5.69 Å². The molecule has 1 aliphatic carbocycles. The number of pyridine rings is 1. The number of aromatic nitrogens is 3. The third-order valence-electron chi connectivity index (χ3n) is 5.71. The molecule has 0 radical (unpaired) electrons. The lowest BCUT2D eigenvalue weighted by molar-refractivity contribution is 0.365. The zero-order valence-corrected chi connectivity index (χ0v) is 15.8. The summed E-state index contributed by atoms with van der Waals surface area (Å²) >= 11 is 0. The fraction of sp³-hybridized carbons (Fsp3) is 0.476. The maximum atomic E-state index is 5.52. The molecule has 0 unspecified atom stereocenters. The van der Waals surface area contributed by atoms with Crippen LogP contribution in [-0.4, -0.2) is 35.3 Å². The fourth-order valence-corrected chi connectivity index (χ4v) is 4.04. The van der Waals surface area contributed by atoms with Crippen molar-refractivity contribution in [2.24, 2.45) is 0 Å². The van der Waals surface area contributed by atoms with Crippen molar-refractivity contribution in [3.63, 3.8) is 0 Å². The van der Waals surface area contributed by atoms with Crippen LogP contribution in [0.3, 0.4) is 0 Å². The van der Waals surface area contributed by atoms with Crippen LogP contribution in [0.25, 0.3) is 10.9 Å². The average Bonchev–Trinajstić information content (AvgIpc) is 3.44. The smallest absolute Gasteiger partial charge is 0.229 e. The highest BCUT2D eigenvalue weighted by Gasteiger charge is 2.32. The highest BCUT2D eigenvalue weighted by Crippen LogP contribution is 2.40. The number of aryl methyl sites for hydroxylation is 1. The highest BCUT2D eigenvalue weighted by molar-refractivity contribution is 5.95. The molecule has 2 fully saturated rings. The Balaban J connectivity index is 1.38. The van der Waals surface area contributed by atoms with E-state index in [1.165, 1.54) is 18.5 Å². The lowest BCUT2D eigenvalue weighted by Gasteiger charge is -2.33. The van der Waals surface area contributed by atoms with Gasteiger partial charge in [0, 0.05) is 41.7 Å². The van der Waals surface area contributed by atoms with Gasteiger partial charge in [0.15, 0.2) is 5.82 Å². The van der Waals surface area contributed by atoms with Gasteiger partial charge in [-0.15, -0.1) is 0 Å². The summed E-state index contributed by atoms with van der Waals surface area (Å²) in [5.41, 5.74) is 3.18. The number of fused-ring (bicyclic) bond motifs is 1. The van der Waals surface area contributed by atoms with Crippen LogP contribution >= 0.6 is 0 Å². The Morgan fingerprint density at radius 1 is 1.07 bits per heavy atom. The van der Waals surface area contributed by atoms with Gasteiger partial charge in [-0.05, 0) is 44.7 Å². The number of anilines is 1. The molecule has 27 heavy (non-hydrogen) atoms. The Labute approximate surface area is 158 Å². The molecule has 2 aromatic heterocycles. The van der Waals surface area contributed by atoms with Crippen LogP contribution in [0.5, 0.6) is 5.75 Å². The molecule has 0 amide bonds. The Kier molecular flexibility index (Phi) is 3.99. The number of piperidine rings is 1. The van der Waals surface area contributed by atoms with Crippen LogP contribution in [0.15, 0.2) is 28.8 Å². The number of rotatable bonds is 4. The Bertz CT molecular complexity index is 971. The van der Waals surface area contributed by atoms with Crippen molar-refractivity contribution < 1.29 is 9.26 Å². The second kappa shape index (κ2) is 6.51. The monoisotopic (exact) mass is 364 g/mol. The van der Waals surface area contributed by atoms with E-state index in [9.17, 15) is 0 Å². The predicted octanol–water partition coefficient (Wildman–Crippen LogP) is 4.20. The van der Waals surface area contributed by atoms with E-state index in [0.717, 1.165) is 60.0 Å². The minimum absolute atomic E-state index is 0.390. The summed E-state index contributed by atoms with van der Waals surface area (Å²) in [5.74, 6) is 3.48. The molecule has 0 N–H and O–H groups in total. The van der Waals surface area contributed by atoms with Crippen molar-refractivity contribution in [2.45, 2.75) is 44.4 Å². The van der Waals surface area contributed by atoms with E-state index in [0.29, 0.717) is 11.8 Å². The van der Waals surface area contributed by atoms with Gasteiger partial charge in [-0.2, -0.15) is 4.98 Å². The summed E-state index contributed by atoms with van der Waals surface area (Å²) in [6, 6.07) is 8.32. The molecule has 5 rings (SSSR count). The third-order valence-corrected chi connectivity index (χ3v) is 5.71. The van der Waals surface area contributed by atoms with E-state index < -0.39 is 0 Å². The first-order valence-corrected chi connectivity index (χ1v) is 9.75. The topological polar surface area (TPSA) is 64.3 Å². The number of hydrogen-bond donors (Lipinski definition) is 0. The van der Waals surface area contributed by atoms with Crippen LogP contribution < -0.4 is 9.64 Å². The first-order valence-electron chi connectivity index (χ1n) is 9.75. The lowest BCUT2D eigenvalue weighted by atomic mass is 9.95. The molecule has 140 valence electrons. The normalized spacial score (nSPS) is 18.2. The van der Waals surface area contributed by atoms with Crippen LogP contribution in [0.2, 0.25) is 0 Å². The molecular weight excluding hydrogens is 340 g/mol. The molecule has 0 bridgehead atoms. The minimum atomic E-state index is 0.390. The van der Waals surface area contributed by atoms with Gasteiger partial charge in [0.25, 0.3) is 0 Å². The molecule has 1 aliphatic heterocycles. The Morgan fingerprint density at radius 3 is 2.63 bits per heavy atom. The van der Waals surface area contributed by atoms with Gasteiger partial charge >= 0.3 is 0 Å². The molecule has 0 spiro atoms. The second-order valence-corrected chi connectivity index (χ2v) is 7.67. The van der Waals surface area contributed by atoms with Gasteiger partial charge in [0.1, 0.15) is 11.3 Å². The number of benzene rings is 1. The minimum Gasteiger partial charge on any atom is -0.494 e. The molecular formula is C21H24N4O2. The standard InChI is InChI=1S/C21H24N4O2/c1-13-12-17(16-4-3-5-18(26-2)19(16)22-13)25-10-8-14(9-11-25)20-23-21(27-24-20)15-6-7-15/h3-5,12,14-15H,6-11H2,1-2H3. The molecule has 2 aliphatic rings. The van der Waals surface area contributed by atoms with Crippen molar-refractivity contribution in [2.75, 3.05) is 25.1 Å². The van der Waals surface area contributed by atoms with Gasteiger partial charge < -0.3 is 14.2 Å². The van der Waals surface area contributed by atoms with Crippen molar-refractivity contribution in [3.8, 4) is 5.75 Å². The van der Waals surface area contributed by atoms with E-state index in [4.69, 9.17) is 14.2 Å². The Morgan fingerprint density at radius 2 is 1.89 bits per heavy atom. The number of para-hydroxylation sites is 1. The number of nitrogens with zero attached hydrogens (tertiary/aromatic N) is 4. The highest BCUT2D eigenvalue weighted by atomic mass is 16.5. The third kappa shape index (κ3) is 3.03. The van der Waals surface area contributed by atoms with Gasteiger partial charge in [0.05, 0.1) is 7.11 Å². The SMILES string of the molecule is COc1cccc2c(N3CCC(c4noc(C5CC5)n4)CC3)cc(C)nc12. The maximum Gasteiger partial charge on any atom is 0.229 e. The second-order valence-electron chi connectivity index (χ2n) is 7.67. The zero-order valence-electron chi connectivity index (χ0n) is 15.8. The van der Waals surface area contributed by atoms with Crippen molar-refractivity contribution >= 4 is 16.6 Å². The Hall–Kier alpha value is -2.63. The van der Waals surface area contributed by atoms with Crippen molar-refractivity contribution in [1.82, 2.24) is 15.1 Å². The molecule has 1 saturated carbocycles. The zero-order chi connectivity index (χ0) is 18.4. The number of methoxy groups -OCH3 is 1. The van der Waals surface area contributed by atoms with Crippen molar-refractivity contribution in [3.05, 3.63) is 41.7 Å².